The zero-order valence-electron chi connectivity index (χ0n) is 18.1. The Morgan fingerprint density at radius 1 is 1.14 bits per heavy atom. The Hall–Kier alpha value is -1.06. The number of aliphatic imine (C=N–C) groups is 1. The molecule has 2 heterocycles. The predicted octanol–water partition coefficient (Wildman–Crippen LogP) is 3.22. The Morgan fingerprint density at radius 2 is 1.79 bits per heavy atom. The fourth-order valence-corrected chi connectivity index (χ4v) is 3.84. The molecule has 0 atom stereocenters. The normalized spacial score (nSPS) is 19.6. The molecule has 0 bridgehead atoms. The summed E-state index contributed by atoms with van der Waals surface area (Å²) < 4.78 is 11.6. The number of hydrogen-bond acceptors (Lipinski definition) is 4. The molecule has 2 fully saturated rings. The van der Waals surface area contributed by atoms with Gasteiger partial charge in [0.15, 0.2) is 5.96 Å². The highest BCUT2D eigenvalue weighted by atomic mass is 127. The fourth-order valence-electron chi connectivity index (χ4n) is 3.84. The highest BCUT2D eigenvalue weighted by molar-refractivity contribution is 14.0. The first-order valence-electron chi connectivity index (χ1n) is 10.7. The van der Waals surface area contributed by atoms with Crippen molar-refractivity contribution in [3.8, 4) is 5.75 Å². The highest BCUT2D eigenvalue weighted by Gasteiger charge is 2.29. The van der Waals surface area contributed by atoms with Gasteiger partial charge in [-0.25, -0.2) is 0 Å². The molecule has 2 aliphatic heterocycles. The molecular weight excluding hydrogens is 479 g/mol. The first kappa shape index (κ1) is 24.2. The number of guanidine groups is 1. The molecule has 0 unspecified atom stereocenters. The topological polar surface area (TPSA) is 49.3 Å². The van der Waals surface area contributed by atoms with Crippen LogP contribution >= 0.6 is 24.0 Å². The molecule has 0 aliphatic carbocycles. The van der Waals surface area contributed by atoms with Gasteiger partial charge in [-0.05, 0) is 32.9 Å². The van der Waals surface area contributed by atoms with Crippen molar-refractivity contribution in [1.29, 1.82) is 0 Å². The quantitative estimate of drug-likeness (QED) is 0.358. The van der Waals surface area contributed by atoms with E-state index in [2.05, 4.69) is 35.9 Å². The van der Waals surface area contributed by atoms with Gasteiger partial charge in [-0.1, -0.05) is 18.2 Å². The zero-order chi connectivity index (χ0) is 19.8. The number of benzene rings is 1. The average Bonchev–Trinajstić information content (AvgIpc) is 2.73. The lowest BCUT2D eigenvalue weighted by Crippen LogP contribution is -2.53. The first-order valence-corrected chi connectivity index (χ1v) is 10.7. The Kier molecular flexibility index (Phi) is 9.98. The Bertz CT molecular complexity index is 612. The molecule has 1 aromatic rings. The van der Waals surface area contributed by atoms with Gasteiger partial charge < -0.3 is 19.7 Å². The molecule has 0 radical (unpaired) electrons. The van der Waals surface area contributed by atoms with Crippen LogP contribution in [0, 0.1) is 0 Å². The maximum absolute atomic E-state index is 6.13. The van der Waals surface area contributed by atoms with Crippen LogP contribution < -0.4 is 10.1 Å². The lowest BCUT2D eigenvalue weighted by Gasteiger charge is -2.40. The molecule has 29 heavy (non-hydrogen) atoms. The second-order valence-corrected chi connectivity index (χ2v) is 8.20. The van der Waals surface area contributed by atoms with Crippen LogP contribution in [-0.4, -0.2) is 79.9 Å². The van der Waals surface area contributed by atoms with Gasteiger partial charge in [-0.2, -0.15) is 0 Å². The van der Waals surface area contributed by atoms with Gasteiger partial charge in [0.1, 0.15) is 11.9 Å². The molecule has 7 heteroatoms. The van der Waals surface area contributed by atoms with Gasteiger partial charge in [-0.3, -0.25) is 9.89 Å². The summed E-state index contributed by atoms with van der Waals surface area (Å²) in [7, 11) is 0. The van der Waals surface area contributed by atoms with Crippen molar-refractivity contribution >= 4 is 29.9 Å². The Morgan fingerprint density at radius 3 is 2.41 bits per heavy atom. The third kappa shape index (κ3) is 7.29. The summed E-state index contributed by atoms with van der Waals surface area (Å²) in [5.41, 5.74) is 0.0409. The van der Waals surface area contributed by atoms with Gasteiger partial charge >= 0.3 is 0 Å². The van der Waals surface area contributed by atoms with E-state index in [9.17, 15) is 0 Å². The van der Waals surface area contributed by atoms with E-state index in [1.165, 1.54) is 0 Å². The number of nitrogens with one attached hydrogen (secondary N) is 1. The number of rotatable bonds is 6. The van der Waals surface area contributed by atoms with Crippen LogP contribution in [0.5, 0.6) is 5.75 Å². The van der Waals surface area contributed by atoms with E-state index in [4.69, 9.17) is 14.5 Å². The van der Waals surface area contributed by atoms with Crippen LogP contribution in [0.15, 0.2) is 35.3 Å². The number of ether oxygens (including phenoxy) is 2. The van der Waals surface area contributed by atoms with E-state index in [0.29, 0.717) is 0 Å². The summed E-state index contributed by atoms with van der Waals surface area (Å²) in [5.74, 6) is 2.00. The van der Waals surface area contributed by atoms with Crippen LogP contribution in [0.1, 0.15) is 33.6 Å². The number of para-hydroxylation sites is 1. The van der Waals surface area contributed by atoms with Crippen LogP contribution in [-0.2, 0) is 4.74 Å². The molecule has 6 nitrogen and oxygen atoms in total. The molecule has 2 aliphatic rings. The predicted molar refractivity (Wildman–Crippen MR) is 130 cm³/mol. The summed E-state index contributed by atoms with van der Waals surface area (Å²) in [5, 5.41) is 3.48. The summed E-state index contributed by atoms with van der Waals surface area (Å²) in [4.78, 5) is 9.87. The van der Waals surface area contributed by atoms with Crippen LogP contribution in [0.2, 0.25) is 0 Å². The number of piperidine rings is 1. The molecule has 0 spiro atoms. The van der Waals surface area contributed by atoms with E-state index >= 15 is 0 Å². The molecule has 0 aromatic heterocycles. The van der Waals surface area contributed by atoms with Gasteiger partial charge in [0.05, 0.1) is 19.8 Å². The smallest absolute Gasteiger partial charge is 0.193 e. The van der Waals surface area contributed by atoms with Crippen molar-refractivity contribution in [3.05, 3.63) is 30.3 Å². The van der Waals surface area contributed by atoms with E-state index in [1.807, 2.05) is 30.3 Å². The summed E-state index contributed by atoms with van der Waals surface area (Å²) in [6, 6.07) is 10.1. The van der Waals surface area contributed by atoms with Crippen molar-refractivity contribution in [2.24, 2.45) is 4.99 Å². The number of nitrogens with zero attached hydrogens (tertiary/aromatic N) is 3. The van der Waals surface area contributed by atoms with Gasteiger partial charge in [0, 0.05) is 51.1 Å². The summed E-state index contributed by atoms with van der Waals surface area (Å²) in [6.45, 7) is 13.9. The lowest BCUT2D eigenvalue weighted by molar-refractivity contribution is -0.00692. The largest absolute Gasteiger partial charge is 0.490 e. The molecule has 2 saturated heterocycles. The molecule has 164 valence electrons. The highest BCUT2D eigenvalue weighted by Crippen LogP contribution is 2.20. The number of morpholine rings is 1. The molecule has 3 rings (SSSR count). The maximum atomic E-state index is 6.13. The molecule has 1 N–H and O–H groups in total. The standard InChI is InChI=1S/C22H36N4O2.HI/c1-4-23-21(24-18-22(2,3)26-14-16-27-17-15-26)25-12-10-20(11-13-25)28-19-8-6-5-7-9-19;/h5-9,20H,4,10-18H2,1-3H3,(H,23,24);1H. The zero-order valence-corrected chi connectivity index (χ0v) is 20.4. The van der Waals surface area contributed by atoms with Crippen LogP contribution in [0.3, 0.4) is 0 Å². The average molecular weight is 516 g/mol. The minimum atomic E-state index is 0. The maximum Gasteiger partial charge on any atom is 0.193 e. The number of likely N-dealkylation sites (tertiary alicyclic amines) is 1. The van der Waals surface area contributed by atoms with Crippen molar-refractivity contribution < 1.29 is 9.47 Å². The molecular formula is C22H37IN4O2. The monoisotopic (exact) mass is 516 g/mol. The van der Waals surface area contributed by atoms with Crippen LogP contribution in [0.4, 0.5) is 0 Å². The SMILES string of the molecule is CCNC(=NCC(C)(C)N1CCOCC1)N1CCC(Oc2ccccc2)CC1.I. The fraction of sp³-hybridized carbons (Fsp3) is 0.682. The van der Waals surface area contributed by atoms with Gasteiger partial charge in [-0.15, -0.1) is 24.0 Å². The van der Waals surface area contributed by atoms with Crippen LogP contribution in [0.25, 0.3) is 0 Å². The minimum absolute atomic E-state index is 0. The van der Waals surface area contributed by atoms with E-state index in [-0.39, 0.29) is 35.6 Å². The molecule has 1 aromatic carbocycles. The minimum Gasteiger partial charge on any atom is -0.490 e. The Balaban J connectivity index is 0.00000300. The van der Waals surface area contributed by atoms with Crippen molar-refractivity contribution in [2.45, 2.75) is 45.3 Å². The number of hydrogen-bond donors (Lipinski definition) is 1. The van der Waals surface area contributed by atoms with Crippen molar-refractivity contribution in [3.63, 3.8) is 0 Å². The van der Waals surface area contributed by atoms with Crippen molar-refractivity contribution in [1.82, 2.24) is 15.1 Å². The van der Waals surface area contributed by atoms with Gasteiger partial charge in [0.25, 0.3) is 0 Å². The van der Waals surface area contributed by atoms with E-state index in [1.54, 1.807) is 0 Å². The molecule has 0 saturated carbocycles. The lowest BCUT2D eigenvalue weighted by atomic mass is 10.0. The summed E-state index contributed by atoms with van der Waals surface area (Å²) >= 11 is 0. The van der Waals surface area contributed by atoms with Crippen molar-refractivity contribution in [2.75, 3.05) is 52.5 Å². The molecule has 0 amide bonds. The first-order chi connectivity index (χ1) is 13.6. The number of halogens is 1. The van der Waals surface area contributed by atoms with E-state index in [0.717, 1.165) is 77.0 Å². The van der Waals surface area contributed by atoms with Gasteiger partial charge in [0.2, 0.25) is 0 Å². The third-order valence-corrected chi connectivity index (χ3v) is 5.61. The second kappa shape index (κ2) is 12.0. The second-order valence-electron chi connectivity index (χ2n) is 8.20. The Labute approximate surface area is 193 Å². The van der Waals surface area contributed by atoms with E-state index < -0.39 is 0 Å². The summed E-state index contributed by atoms with van der Waals surface area (Å²) in [6.07, 6.45) is 2.32. The third-order valence-electron chi connectivity index (χ3n) is 5.61.